The fourth-order valence-electron chi connectivity index (χ4n) is 2.10. The maximum Gasteiger partial charge on any atom is 0.120 e. The zero-order valence-corrected chi connectivity index (χ0v) is 11.4. The van der Waals surface area contributed by atoms with Crippen LogP contribution in [0.5, 0.6) is 0 Å². The molecule has 0 unspecified atom stereocenters. The van der Waals surface area contributed by atoms with Crippen LogP contribution in [0.25, 0.3) is 5.69 Å². The van der Waals surface area contributed by atoms with Crippen molar-refractivity contribution in [2.75, 3.05) is 0 Å². The summed E-state index contributed by atoms with van der Waals surface area (Å²) >= 11 is 0. The molecule has 20 heavy (non-hydrogen) atoms. The zero-order valence-electron chi connectivity index (χ0n) is 11.4. The van der Waals surface area contributed by atoms with Crippen molar-refractivity contribution in [1.29, 1.82) is 0 Å². The average Bonchev–Trinajstić information content (AvgIpc) is 3.18. The molecule has 0 aliphatic carbocycles. The molecule has 0 radical (unpaired) electrons. The summed E-state index contributed by atoms with van der Waals surface area (Å²) in [4.78, 5) is 0. The highest BCUT2D eigenvalue weighted by Gasteiger charge is 2.07. The topological polar surface area (TPSA) is 43.0 Å². The van der Waals surface area contributed by atoms with E-state index in [-0.39, 0.29) is 6.04 Å². The first kappa shape index (κ1) is 12.7. The van der Waals surface area contributed by atoms with Gasteiger partial charge in [-0.25, -0.2) is 4.68 Å². The number of nitrogens with zero attached hydrogens (tertiary/aromatic N) is 2. The lowest BCUT2D eigenvalue weighted by molar-refractivity contribution is 0.430. The normalized spacial score (nSPS) is 12.4. The van der Waals surface area contributed by atoms with Crippen molar-refractivity contribution >= 4 is 0 Å². The van der Waals surface area contributed by atoms with E-state index in [2.05, 4.69) is 41.6 Å². The van der Waals surface area contributed by atoms with Crippen LogP contribution in [0.3, 0.4) is 0 Å². The first-order valence-electron chi connectivity index (χ1n) is 6.69. The van der Waals surface area contributed by atoms with Crippen LogP contribution in [-0.4, -0.2) is 9.78 Å². The molecule has 1 N–H and O–H groups in total. The fourth-order valence-corrected chi connectivity index (χ4v) is 2.10. The standard InChI is InChI=1S/C16H17N3O/c1-13(16-4-2-11-20-16)17-12-14-5-7-15(8-6-14)19-10-3-9-18-19/h2-11,13,17H,12H2,1H3/t13-/m0/s1. The van der Waals surface area contributed by atoms with Gasteiger partial charge in [0.15, 0.2) is 0 Å². The second kappa shape index (κ2) is 5.75. The van der Waals surface area contributed by atoms with Crippen LogP contribution in [-0.2, 0) is 6.54 Å². The summed E-state index contributed by atoms with van der Waals surface area (Å²) in [6.07, 6.45) is 5.42. The van der Waals surface area contributed by atoms with Crippen LogP contribution >= 0.6 is 0 Å². The second-order valence-electron chi connectivity index (χ2n) is 4.74. The van der Waals surface area contributed by atoms with E-state index in [0.29, 0.717) is 0 Å². The van der Waals surface area contributed by atoms with E-state index in [0.717, 1.165) is 18.0 Å². The van der Waals surface area contributed by atoms with Crippen LogP contribution in [0.2, 0.25) is 0 Å². The third-order valence-corrected chi connectivity index (χ3v) is 3.29. The Bertz CT molecular complexity index is 627. The summed E-state index contributed by atoms with van der Waals surface area (Å²) in [5.41, 5.74) is 2.30. The van der Waals surface area contributed by atoms with Gasteiger partial charge in [0.2, 0.25) is 0 Å². The van der Waals surface area contributed by atoms with Gasteiger partial charge in [-0.15, -0.1) is 0 Å². The maximum absolute atomic E-state index is 5.38. The van der Waals surface area contributed by atoms with Gasteiger partial charge in [0, 0.05) is 18.9 Å². The van der Waals surface area contributed by atoms with Gasteiger partial charge >= 0.3 is 0 Å². The molecule has 0 saturated heterocycles. The molecular weight excluding hydrogens is 250 g/mol. The Balaban J connectivity index is 1.61. The number of nitrogens with one attached hydrogen (secondary N) is 1. The Morgan fingerprint density at radius 2 is 2.05 bits per heavy atom. The van der Waals surface area contributed by atoms with Gasteiger partial charge in [-0.1, -0.05) is 12.1 Å². The smallest absolute Gasteiger partial charge is 0.120 e. The molecular formula is C16H17N3O. The number of hydrogen-bond acceptors (Lipinski definition) is 3. The molecule has 1 atom stereocenters. The lowest BCUT2D eigenvalue weighted by Gasteiger charge is -2.11. The van der Waals surface area contributed by atoms with Crippen molar-refractivity contribution in [3.05, 3.63) is 72.4 Å². The number of benzene rings is 1. The molecule has 0 aliphatic rings. The predicted molar refractivity (Wildman–Crippen MR) is 77.5 cm³/mol. The quantitative estimate of drug-likeness (QED) is 0.771. The number of hydrogen-bond donors (Lipinski definition) is 1. The van der Waals surface area contributed by atoms with Crippen molar-refractivity contribution in [1.82, 2.24) is 15.1 Å². The van der Waals surface area contributed by atoms with Crippen LogP contribution in [0.1, 0.15) is 24.3 Å². The van der Waals surface area contributed by atoms with Gasteiger partial charge in [0.05, 0.1) is 18.0 Å². The van der Waals surface area contributed by atoms with Crippen molar-refractivity contribution in [3.8, 4) is 5.69 Å². The average molecular weight is 267 g/mol. The SMILES string of the molecule is C[C@H](NCc1ccc(-n2cccn2)cc1)c1ccco1. The summed E-state index contributed by atoms with van der Waals surface area (Å²) in [7, 11) is 0. The van der Waals surface area contributed by atoms with E-state index < -0.39 is 0 Å². The van der Waals surface area contributed by atoms with Gasteiger partial charge in [-0.3, -0.25) is 0 Å². The summed E-state index contributed by atoms with van der Waals surface area (Å²) in [6.45, 7) is 2.90. The van der Waals surface area contributed by atoms with E-state index in [1.165, 1.54) is 5.56 Å². The molecule has 1 aromatic carbocycles. The van der Waals surface area contributed by atoms with Crippen molar-refractivity contribution in [2.45, 2.75) is 19.5 Å². The lowest BCUT2D eigenvalue weighted by Crippen LogP contribution is -2.17. The van der Waals surface area contributed by atoms with E-state index in [1.807, 2.05) is 29.1 Å². The van der Waals surface area contributed by atoms with E-state index in [9.17, 15) is 0 Å². The molecule has 2 heterocycles. The molecule has 0 spiro atoms. The molecule has 3 aromatic rings. The minimum Gasteiger partial charge on any atom is -0.468 e. The summed E-state index contributed by atoms with van der Waals surface area (Å²) < 4.78 is 7.23. The number of rotatable bonds is 5. The first-order valence-corrected chi connectivity index (χ1v) is 6.69. The predicted octanol–water partition coefficient (Wildman–Crippen LogP) is 3.32. The van der Waals surface area contributed by atoms with Crippen LogP contribution in [0.15, 0.2) is 65.5 Å². The molecule has 0 saturated carbocycles. The van der Waals surface area contributed by atoms with Crippen molar-refractivity contribution in [2.24, 2.45) is 0 Å². The highest BCUT2D eigenvalue weighted by Crippen LogP contribution is 2.14. The van der Waals surface area contributed by atoms with E-state index in [4.69, 9.17) is 4.42 Å². The summed E-state index contributed by atoms with van der Waals surface area (Å²) in [5, 5.41) is 7.65. The van der Waals surface area contributed by atoms with E-state index in [1.54, 1.807) is 12.5 Å². The Kier molecular flexibility index (Phi) is 3.65. The maximum atomic E-state index is 5.38. The monoisotopic (exact) mass is 267 g/mol. The second-order valence-corrected chi connectivity index (χ2v) is 4.74. The molecule has 0 bridgehead atoms. The third-order valence-electron chi connectivity index (χ3n) is 3.29. The highest BCUT2D eigenvalue weighted by atomic mass is 16.3. The molecule has 2 aromatic heterocycles. The van der Waals surface area contributed by atoms with Gasteiger partial charge in [-0.2, -0.15) is 5.10 Å². The van der Waals surface area contributed by atoms with Crippen molar-refractivity contribution in [3.63, 3.8) is 0 Å². The van der Waals surface area contributed by atoms with Gasteiger partial charge in [0.1, 0.15) is 5.76 Å². The van der Waals surface area contributed by atoms with Gasteiger partial charge < -0.3 is 9.73 Å². The van der Waals surface area contributed by atoms with Gasteiger partial charge in [0.25, 0.3) is 0 Å². The molecule has 0 fully saturated rings. The minimum absolute atomic E-state index is 0.204. The number of furan rings is 1. The molecule has 4 heteroatoms. The third kappa shape index (κ3) is 2.81. The largest absolute Gasteiger partial charge is 0.468 e. The highest BCUT2D eigenvalue weighted by molar-refractivity contribution is 5.33. The Labute approximate surface area is 118 Å². The molecule has 0 amide bonds. The molecule has 0 aliphatic heterocycles. The molecule has 3 rings (SSSR count). The Morgan fingerprint density at radius 3 is 2.70 bits per heavy atom. The van der Waals surface area contributed by atoms with Crippen molar-refractivity contribution < 1.29 is 4.42 Å². The van der Waals surface area contributed by atoms with E-state index >= 15 is 0 Å². The molecule has 4 nitrogen and oxygen atoms in total. The Morgan fingerprint density at radius 1 is 1.20 bits per heavy atom. The number of aromatic nitrogens is 2. The Hall–Kier alpha value is -2.33. The summed E-state index contributed by atoms with van der Waals surface area (Å²) in [5.74, 6) is 0.957. The zero-order chi connectivity index (χ0) is 13.8. The minimum atomic E-state index is 0.204. The fraction of sp³-hybridized carbons (Fsp3) is 0.188. The van der Waals surface area contributed by atoms with Crippen LogP contribution in [0.4, 0.5) is 0 Å². The summed E-state index contributed by atoms with van der Waals surface area (Å²) in [6, 6.07) is 14.4. The first-order chi connectivity index (χ1) is 9.83. The van der Waals surface area contributed by atoms with Gasteiger partial charge in [-0.05, 0) is 42.8 Å². The van der Waals surface area contributed by atoms with Crippen LogP contribution in [0, 0.1) is 0 Å². The molecule has 102 valence electrons. The van der Waals surface area contributed by atoms with Crippen LogP contribution < -0.4 is 5.32 Å². The lowest BCUT2D eigenvalue weighted by atomic mass is 10.2.